The number of hydrogen-bond donors (Lipinski definition) is 1. The molecule has 1 aromatic heterocycles. The molecular formula is C15H13IN2O2. The van der Waals surface area contributed by atoms with E-state index in [2.05, 4.69) is 4.98 Å². The van der Waals surface area contributed by atoms with Crippen LogP contribution >= 0.6 is 24.0 Å². The molecule has 5 heteroatoms. The third kappa shape index (κ3) is 2.29. The zero-order valence-electron chi connectivity index (χ0n) is 10.8. The summed E-state index contributed by atoms with van der Waals surface area (Å²) >= 11 is 0. The van der Waals surface area contributed by atoms with Gasteiger partial charge in [0, 0.05) is 12.6 Å². The van der Waals surface area contributed by atoms with Gasteiger partial charge < -0.3 is 9.67 Å². The fourth-order valence-corrected chi connectivity index (χ4v) is 2.31. The van der Waals surface area contributed by atoms with Crippen molar-refractivity contribution in [3.05, 3.63) is 54.4 Å². The summed E-state index contributed by atoms with van der Waals surface area (Å²) in [7, 11) is 1.73. The molecule has 0 saturated heterocycles. The first kappa shape index (κ1) is 14.5. The summed E-state index contributed by atoms with van der Waals surface area (Å²) in [6.45, 7) is 0. The zero-order chi connectivity index (χ0) is 13.4. The van der Waals surface area contributed by atoms with Crippen LogP contribution in [0.2, 0.25) is 0 Å². The molecule has 0 fully saturated rings. The van der Waals surface area contributed by atoms with Gasteiger partial charge in [-0.1, -0.05) is 42.5 Å². The molecule has 2 aromatic carbocycles. The molecule has 0 aliphatic heterocycles. The smallest absolute Gasteiger partial charge is 0.372 e. The molecule has 1 N–H and O–H groups in total. The lowest BCUT2D eigenvalue weighted by molar-refractivity contribution is 0.0680. The number of halogens is 1. The molecule has 0 spiro atoms. The number of hydrogen-bond acceptors (Lipinski definition) is 2. The minimum absolute atomic E-state index is 0. The molecule has 3 rings (SSSR count). The quantitative estimate of drug-likeness (QED) is 0.692. The second-order valence-electron chi connectivity index (χ2n) is 4.34. The fraction of sp³-hybridized carbons (Fsp3) is 0.0667. The van der Waals surface area contributed by atoms with Gasteiger partial charge in [0.25, 0.3) is 0 Å². The van der Waals surface area contributed by atoms with Crippen LogP contribution in [0.4, 0.5) is 0 Å². The van der Waals surface area contributed by atoms with Crippen molar-refractivity contribution in [2.75, 3.05) is 0 Å². The summed E-state index contributed by atoms with van der Waals surface area (Å²) in [6, 6.07) is 15.6. The number of benzene rings is 2. The van der Waals surface area contributed by atoms with Crippen LogP contribution in [-0.4, -0.2) is 20.6 Å². The number of imidazole rings is 1. The summed E-state index contributed by atoms with van der Waals surface area (Å²) in [4.78, 5) is 15.3. The molecule has 4 nitrogen and oxygen atoms in total. The monoisotopic (exact) mass is 380 g/mol. The molecule has 20 heavy (non-hydrogen) atoms. The largest absolute Gasteiger partial charge is 0.475 e. The van der Waals surface area contributed by atoms with Gasteiger partial charge in [0.2, 0.25) is 5.82 Å². The Kier molecular flexibility index (Phi) is 4.08. The molecule has 0 radical (unpaired) electrons. The van der Waals surface area contributed by atoms with Gasteiger partial charge in [-0.2, -0.15) is 0 Å². The molecular weight excluding hydrogens is 367 g/mol. The van der Waals surface area contributed by atoms with Crippen LogP contribution in [0.15, 0.2) is 48.5 Å². The number of para-hydroxylation sites is 1. The highest BCUT2D eigenvalue weighted by molar-refractivity contribution is 14.0. The minimum Gasteiger partial charge on any atom is -0.475 e. The van der Waals surface area contributed by atoms with Crippen molar-refractivity contribution in [1.82, 2.24) is 9.55 Å². The average molecular weight is 380 g/mol. The standard InChI is InChI=1S/C15H12N2O2.HI/c1-17-13-11(10-6-3-2-4-7-10)8-5-9-12(13)16-14(17)15(18)19;/h2-9H,1H3,(H,18,19);1H. The van der Waals surface area contributed by atoms with E-state index in [9.17, 15) is 4.79 Å². The highest BCUT2D eigenvalue weighted by Crippen LogP contribution is 2.28. The maximum Gasteiger partial charge on any atom is 0.372 e. The van der Waals surface area contributed by atoms with Crippen molar-refractivity contribution >= 4 is 41.0 Å². The van der Waals surface area contributed by atoms with Gasteiger partial charge in [0.05, 0.1) is 11.0 Å². The van der Waals surface area contributed by atoms with Gasteiger partial charge in [0.1, 0.15) is 0 Å². The number of nitrogens with zero attached hydrogens (tertiary/aromatic N) is 2. The zero-order valence-corrected chi connectivity index (χ0v) is 13.1. The molecule has 102 valence electrons. The van der Waals surface area contributed by atoms with Crippen molar-refractivity contribution in [2.45, 2.75) is 0 Å². The van der Waals surface area contributed by atoms with Crippen molar-refractivity contribution in [3.63, 3.8) is 0 Å². The maximum atomic E-state index is 11.2. The van der Waals surface area contributed by atoms with E-state index in [1.807, 2.05) is 48.5 Å². The number of aromatic carboxylic acids is 1. The number of aryl methyl sites for hydroxylation is 1. The van der Waals surface area contributed by atoms with Crippen LogP contribution in [0, 0.1) is 0 Å². The number of rotatable bonds is 2. The maximum absolute atomic E-state index is 11.2. The Balaban J connectivity index is 0.00000147. The summed E-state index contributed by atoms with van der Waals surface area (Å²) in [5.74, 6) is -0.962. The average Bonchev–Trinajstić information content (AvgIpc) is 2.78. The molecule has 1 heterocycles. The Morgan fingerprint density at radius 1 is 1.10 bits per heavy atom. The van der Waals surface area contributed by atoms with Gasteiger partial charge in [0.15, 0.2) is 0 Å². The Bertz CT molecular complexity index is 766. The Morgan fingerprint density at radius 3 is 2.45 bits per heavy atom. The SMILES string of the molecule is Cn1c(C(=O)O)nc2cccc(-c3ccccc3)c21.I. The van der Waals surface area contributed by atoms with Gasteiger partial charge in [-0.05, 0) is 11.6 Å². The van der Waals surface area contributed by atoms with E-state index in [0.29, 0.717) is 5.52 Å². The Morgan fingerprint density at radius 2 is 1.80 bits per heavy atom. The lowest BCUT2D eigenvalue weighted by Crippen LogP contribution is -2.05. The topological polar surface area (TPSA) is 55.1 Å². The fourth-order valence-electron chi connectivity index (χ4n) is 2.31. The van der Waals surface area contributed by atoms with Crippen LogP contribution in [0.3, 0.4) is 0 Å². The summed E-state index contributed by atoms with van der Waals surface area (Å²) < 4.78 is 1.62. The first-order chi connectivity index (χ1) is 9.18. The van der Waals surface area contributed by atoms with Gasteiger partial charge in [-0.15, -0.1) is 24.0 Å². The van der Waals surface area contributed by atoms with Crippen LogP contribution in [0.1, 0.15) is 10.6 Å². The predicted molar refractivity (Wildman–Crippen MR) is 88.5 cm³/mol. The summed E-state index contributed by atoms with van der Waals surface area (Å²) in [6.07, 6.45) is 0. The highest BCUT2D eigenvalue weighted by atomic mass is 127. The molecule has 0 atom stereocenters. The molecule has 0 unspecified atom stereocenters. The highest BCUT2D eigenvalue weighted by Gasteiger charge is 2.16. The number of aromatic nitrogens is 2. The van der Waals surface area contributed by atoms with E-state index in [1.54, 1.807) is 11.6 Å². The number of carbonyl (C=O) groups is 1. The van der Waals surface area contributed by atoms with Gasteiger partial charge >= 0.3 is 5.97 Å². The van der Waals surface area contributed by atoms with E-state index >= 15 is 0 Å². The molecule has 0 amide bonds. The van der Waals surface area contributed by atoms with Gasteiger partial charge in [-0.25, -0.2) is 9.78 Å². The van der Waals surface area contributed by atoms with E-state index in [0.717, 1.165) is 16.6 Å². The van der Waals surface area contributed by atoms with Crippen LogP contribution in [-0.2, 0) is 7.05 Å². The Labute approximate surface area is 133 Å². The van der Waals surface area contributed by atoms with E-state index in [1.165, 1.54) is 0 Å². The molecule has 0 saturated carbocycles. The lowest BCUT2D eigenvalue weighted by Gasteiger charge is -2.05. The summed E-state index contributed by atoms with van der Waals surface area (Å²) in [5, 5.41) is 9.14. The number of fused-ring (bicyclic) bond motifs is 1. The second kappa shape index (κ2) is 5.62. The Hall–Kier alpha value is -1.89. The number of carboxylic acids is 1. The minimum atomic E-state index is -1.02. The van der Waals surface area contributed by atoms with E-state index < -0.39 is 5.97 Å². The van der Waals surface area contributed by atoms with Crippen molar-refractivity contribution < 1.29 is 9.90 Å². The van der Waals surface area contributed by atoms with Crippen LogP contribution in [0.5, 0.6) is 0 Å². The van der Waals surface area contributed by atoms with Crippen LogP contribution < -0.4 is 0 Å². The molecule has 0 bridgehead atoms. The van der Waals surface area contributed by atoms with Crippen LogP contribution in [0.25, 0.3) is 22.2 Å². The third-order valence-electron chi connectivity index (χ3n) is 3.17. The first-order valence-corrected chi connectivity index (χ1v) is 5.92. The van der Waals surface area contributed by atoms with Gasteiger partial charge in [-0.3, -0.25) is 0 Å². The third-order valence-corrected chi connectivity index (χ3v) is 3.17. The molecule has 0 aliphatic carbocycles. The molecule has 0 aliphatic rings. The second-order valence-corrected chi connectivity index (χ2v) is 4.34. The normalized spacial score (nSPS) is 10.2. The van der Waals surface area contributed by atoms with E-state index in [4.69, 9.17) is 5.11 Å². The predicted octanol–water partition coefficient (Wildman–Crippen LogP) is 3.56. The van der Waals surface area contributed by atoms with Crippen molar-refractivity contribution in [3.8, 4) is 11.1 Å². The lowest BCUT2D eigenvalue weighted by atomic mass is 10.0. The number of carboxylic acid groups (broad SMARTS) is 1. The van der Waals surface area contributed by atoms with Crippen molar-refractivity contribution in [1.29, 1.82) is 0 Å². The molecule has 3 aromatic rings. The summed E-state index contributed by atoms with van der Waals surface area (Å²) in [5.41, 5.74) is 3.57. The first-order valence-electron chi connectivity index (χ1n) is 5.92. The van der Waals surface area contributed by atoms with Crippen molar-refractivity contribution in [2.24, 2.45) is 7.05 Å². The van der Waals surface area contributed by atoms with E-state index in [-0.39, 0.29) is 29.8 Å².